The van der Waals surface area contributed by atoms with E-state index in [-0.39, 0.29) is 5.91 Å². The van der Waals surface area contributed by atoms with E-state index in [0.717, 1.165) is 29.5 Å². The summed E-state index contributed by atoms with van der Waals surface area (Å²) in [5.74, 6) is 0.488. The molecule has 2 rings (SSSR count). The van der Waals surface area contributed by atoms with E-state index in [2.05, 4.69) is 45.6 Å². The van der Waals surface area contributed by atoms with Gasteiger partial charge in [-0.05, 0) is 64.8 Å². The smallest absolute Gasteiger partial charge is 0.257 e. The highest BCUT2D eigenvalue weighted by molar-refractivity contribution is 9.10. The number of ether oxygens (including phenoxy) is 1. The van der Waals surface area contributed by atoms with Crippen molar-refractivity contribution in [1.82, 2.24) is 10.6 Å². The van der Waals surface area contributed by atoms with Crippen LogP contribution in [0.25, 0.3) is 0 Å². The van der Waals surface area contributed by atoms with Gasteiger partial charge in [0.05, 0.1) is 11.1 Å². The van der Waals surface area contributed by atoms with Gasteiger partial charge >= 0.3 is 0 Å². The summed E-state index contributed by atoms with van der Waals surface area (Å²) in [6.45, 7) is 3.44. The number of halogens is 1. The third kappa shape index (κ3) is 6.77. The second kappa shape index (κ2) is 10.9. The van der Waals surface area contributed by atoms with E-state index < -0.39 is 0 Å². The van der Waals surface area contributed by atoms with Gasteiger partial charge in [-0.15, -0.1) is 0 Å². The molecular formula is C20H23BrN2O2S. The van der Waals surface area contributed by atoms with Crippen molar-refractivity contribution < 1.29 is 9.53 Å². The fraction of sp³-hybridized carbons (Fsp3) is 0.300. The molecule has 0 bridgehead atoms. The van der Waals surface area contributed by atoms with E-state index in [1.54, 1.807) is 18.2 Å². The summed E-state index contributed by atoms with van der Waals surface area (Å²) in [5, 5.41) is 6.08. The van der Waals surface area contributed by atoms with E-state index in [0.29, 0.717) is 23.8 Å². The molecule has 0 saturated carbocycles. The first kappa shape index (κ1) is 20.4. The van der Waals surface area contributed by atoms with E-state index in [4.69, 9.17) is 17.0 Å². The highest BCUT2D eigenvalue weighted by atomic mass is 79.9. The summed E-state index contributed by atoms with van der Waals surface area (Å²) in [4.78, 5) is 12.3. The zero-order valence-electron chi connectivity index (χ0n) is 14.8. The fourth-order valence-electron chi connectivity index (χ4n) is 2.27. The van der Waals surface area contributed by atoms with Crippen LogP contribution in [0.4, 0.5) is 0 Å². The van der Waals surface area contributed by atoms with Crippen molar-refractivity contribution in [3.63, 3.8) is 0 Å². The lowest BCUT2D eigenvalue weighted by atomic mass is 10.1. The second-order valence-corrected chi connectivity index (χ2v) is 7.06. The van der Waals surface area contributed by atoms with Crippen LogP contribution in [0.1, 0.15) is 35.7 Å². The summed E-state index contributed by atoms with van der Waals surface area (Å²) in [7, 11) is 0. The maximum atomic E-state index is 12.3. The molecule has 2 N–H and O–H groups in total. The highest BCUT2D eigenvalue weighted by Gasteiger charge is 2.10. The van der Waals surface area contributed by atoms with Gasteiger partial charge in [-0.25, -0.2) is 0 Å². The fourth-order valence-corrected chi connectivity index (χ4v) is 2.96. The number of carbonyl (C=O) groups is 1. The van der Waals surface area contributed by atoms with Crippen molar-refractivity contribution in [1.29, 1.82) is 0 Å². The van der Waals surface area contributed by atoms with Crippen molar-refractivity contribution in [2.24, 2.45) is 0 Å². The molecule has 26 heavy (non-hydrogen) atoms. The minimum Gasteiger partial charge on any atom is -0.492 e. The number of benzene rings is 2. The molecule has 1 amide bonds. The number of hydrogen-bond acceptors (Lipinski definition) is 3. The predicted molar refractivity (Wildman–Crippen MR) is 113 cm³/mol. The number of amides is 1. The van der Waals surface area contributed by atoms with Gasteiger partial charge in [0.1, 0.15) is 5.75 Å². The van der Waals surface area contributed by atoms with Gasteiger partial charge in [0.2, 0.25) is 0 Å². The molecule has 0 spiro atoms. The van der Waals surface area contributed by atoms with Crippen LogP contribution in [0.15, 0.2) is 53.0 Å². The van der Waals surface area contributed by atoms with Gasteiger partial charge in [0.25, 0.3) is 5.91 Å². The quantitative estimate of drug-likeness (QED) is 0.475. The van der Waals surface area contributed by atoms with E-state index in [1.165, 1.54) is 5.56 Å². The number of carbonyl (C=O) groups excluding carboxylic acids is 1. The van der Waals surface area contributed by atoms with Crippen LogP contribution >= 0.6 is 28.1 Å². The first-order valence-corrected chi connectivity index (χ1v) is 9.85. The molecule has 2 aromatic carbocycles. The number of unbranched alkanes of at least 4 members (excludes halogenated alkanes) is 1. The lowest BCUT2D eigenvalue weighted by Crippen LogP contribution is -2.40. The standard InChI is InChI=1S/C20H23BrN2O2S/c1-2-3-13-25-18-10-9-16(14-17(18)21)19(24)23-20(26)22-12-11-15-7-5-4-6-8-15/h4-10,14H,2-3,11-13H2,1H3,(H2,22,23,24,26). The summed E-state index contributed by atoms with van der Waals surface area (Å²) in [5.41, 5.74) is 1.74. The molecule has 0 aliphatic heterocycles. The van der Waals surface area contributed by atoms with Crippen molar-refractivity contribution in [2.45, 2.75) is 26.2 Å². The number of thiocarbonyl (C=S) groups is 1. The third-order valence-electron chi connectivity index (χ3n) is 3.72. The lowest BCUT2D eigenvalue weighted by Gasteiger charge is -2.11. The van der Waals surface area contributed by atoms with E-state index in [1.807, 2.05) is 18.2 Å². The highest BCUT2D eigenvalue weighted by Crippen LogP contribution is 2.26. The monoisotopic (exact) mass is 434 g/mol. The normalized spacial score (nSPS) is 10.2. The van der Waals surface area contributed by atoms with Crippen molar-refractivity contribution >= 4 is 39.2 Å². The summed E-state index contributed by atoms with van der Waals surface area (Å²) in [6.07, 6.45) is 2.91. The number of rotatable bonds is 8. The minimum atomic E-state index is -0.247. The summed E-state index contributed by atoms with van der Waals surface area (Å²) < 4.78 is 6.43. The van der Waals surface area contributed by atoms with E-state index >= 15 is 0 Å². The van der Waals surface area contributed by atoms with Gasteiger partial charge < -0.3 is 10.1 Å². The molecule has 138 valence electrons. The van der Waals surface area contributed by atoms with Crippen molar-refractivity contribution in [3.8, 4) is 5.75 Å². The topological polar surface area (TPSA) is 50.4 Å². The molecular weight excluding hydrogens is 412 g/mol. The van der Waals surface area contributed by atoms with Crippen LogP contribution in [0.3, 0.4) is 0 Å². The van der Waals surface area contributed by atoms with Gasteiger partial charge in [0, 0.05) is 12.1 Å². The van der Waals surface area contributed by atoms with Crippen LogP contribution in [0.2, 0.25) is 0 Å². The molecule has 2 aromatic rings. The number of nitrogens with one attached hydrogen (secondary N) is 2. The molecule has 0 aliphatic rings. The first-order valence-electron chi connectivity index (χ1n) is 8.65. The van der Waals surface area contributed by atoms with Crippen molar-refractivity contribution in [3.05, 3.63) is 64.1 Å². The first-order chi connectivity index (χ1) is 12.6. The molecule has 0 heterocycles. The van der Waals surface area contributed by atoms with Crippen LogP contribution in [-0.4, -0.2) is 24.2 Å². The van der Waals surface area contributed by atoms with Gasteiger partial charge in [-0.1, -0.05) is 43.7 Å². The molecule has 6 heteroatoms. The molecule has 0 saturated heterocycles. The lowest BCUT2D eigenvalue weighted by molar-refractivity contribution is 0.0976. The van der Waals surface area contributed by atoms with Crippen LogP contribution < -0.4 is 15.4 Å². The average Bonchev–Trinajstić information content (AvgIpc) is 2.64. The maximum Gasteiger partial charge on any atom is 0.257 e. The molecule has 0 aromatic heterocycles. The molecule has 0 radical (unpaired) electrons. The van der Waals surface area contributed by atoms with Crippen molar-refractivity contribution in [2.75, 3.05) is 13.2 Å². The number of hydrogen-bond donors (Lipinski definition) is 2. The average molecular weight is 435 g/mol. The Morgan fingerprint density at radius 3 is 2.65 bits per heavy atom. The summed E-state index contributed by atoms with van der Waals surface area (Å²) >= 11 is 8.64. The Kier molecular flexibility index (Phi) is 8.58. The molecule has 0 unspecified atom stereocenters. The SMILES string of the molecule is CCCCOc1ccc(C(=O)NC(=S)NCCc2ccccc2)cc1Br. The van der Waals surface area contributed by atoms with Gasteiger partial charge in [-0.2, -0.15) is 0 Å². The Morgan fingerprint density at radius 1 is 1.19 bits per heavy atom. The molecule has 0 fully saturated rings. The molecule has 0 atom stereocenters. The summed E-state index contributed by atoms with van der Waals surface area (Å²) in [6, 6.07) is 15.4. The van der Waals surface area contributed by atoms with Crippen LogP contribution in [-0.2, 0) is 6.42 Å². The second-order valence-electron chi connectivity index (χ2n) is 5.79. The minimum absolute atomic E-state index is 0.247. The molecule has 4 nitrogen and oxygen atoms in total. The Morgan fingerprint density at radius 2 is 1.96 bits per heavy atom. The zero-order chi connectivity index (χ0) is 18.8. The predicted octanol–water partition coefficient (Wildman–Crippen LogP) is 4.48. The van der Waals surface area contributed by atoms with Crippen LogP contribution in [0, 0.1) is 0 Å². The third-order valence-corrected chi connectivity index (χ3v) is 4.58. The Hall–Kier alpha value is -1.92. The largest absolute Gasteiger partial charge is 0.492 e. The Labute approximate surface area is 168 Å². The van der Waals surface area contributed by atoms with Gasteiger partial charge in [-0.3, -0.25) is 10.1 Å². The molecule has 0 aliphatic carbocycles. The zero-order valence-corrected chi connectivity index (χ0v) is 17.2. The van der Waals surface area contributed by atoms with Gasteiger partial charge in [0.15, 0.2) is 5.11 Å². The Balaban J connectivity index is 1.80. The van der Waals surface area contributed by atoms with Crippen LogP contribution in [0.5, 0.6) is 5.75 Å². The van der Waals surface area contributed by atoms with E-state index in [9.17, 15) is 4.79 Å². The maximum absolute atomic E-state index is 12.3. The Bertz CT molecular complexity index is 738.